The lowest BCUT2D eigenvalue weighted by Crippen LogP contribution is -2.46. The van der Waals surface area contributed by atoms with Crippen LogP contribution in [0, 0.1) is 23.7 Å². The Balaban J connectivity index is 0.000000150. The van der Waals surface area contributed by atoms with Gasteiger partial charge in [0.05, 0.1) is 59.1 Å². The summed E-state index contributed by atoms with van der Waals surface area (Å²) in [6.07, 6.45) is 21.8. The summed E-state index contributed by atoms with van der Waals surface area (Å²) in [5.41, 5.74) is 5.81. The minimum Gasteiger partial charge on any atom is -0.381 e. The maximum Gasteiger partial charge on any atom is 0.225 e. The van der Waals surface area contributed by atoms with E-state index in [0.29, 0.717) is 23.7 Å². The number of carbonyl (C=O) groups excluding carboxylic acids is 2. The molecule has 2 aliphatic heterocycles. The third-order valence-corrected chi connectivity index (χ3v) is 14.0. The zero-order valence-corrected chi connectivity index (χ0v) is 34.3. The van der Waals surface area contributed by atoms with Gasteiger partial charge in [0.25, 0.3) is 0 Å². The number of likely N-dealkylation sites (tertiary alicyclic amines) is 2. The van der Waals surface area contributed by atoms with Crippen molar-refractivity contribution in [2.24, 2.45) is 23.7 Å². The van der Waals surface area contributed by atoms with E-state index in [9.17, 15) is 9.59 Å². The number of aromatic amines is 2. The molecule has 0 unspecified atom stereocenters. The molecule has 10 rings (SSSR count). The first-order valence-corrected chi connectivity index (χ1v) is 21.5. The quantitative estimate of drug-likeness (QED) is 0.189. The number of imidazole rings is 2. The van der Waals surface area contributed by atoms with Crippen LogP contribution < -0.4 is 0 Å². The number of carbonyl (C=O) groups is 2. The first-order chi connectivity index (χ1) is 28.3. The van der Waals surface area contributed by atoms with Crippen LogP contribution in [0.2, 0.25) is 0 Å². The van der Waals surface area contributed by atoms with Gasteiger partial charge in [-0.3, -0.25) is 18.4 Å². The van der Waals surface area contributed by atoms with Gasteiger partial charge in [-0.2, -0.15) is 0 Å². The molecule has 6 aromatic heterocycles. The Hall–Kier alpha value is -4.82. The fourth-order valence-electron chi connectivity index (χ4n) is 10.4. The number of nitrogens with zero attached hydrogens (tertiary/aromatic N) is 8. The van der Waals surface area contributed by atoms with E-state index < -0.39 is 0 Å². The Bertz CT molecular complexity index is 2210. The van der Waals surface area contributed by atoms with Crippen LogP contribution in [0.5, 0.6) is 0 Å². The van der Waals surface area contributed by atoms with Gasteiger partial charge in [-0.15, -0.1) is 0 Å². The summed E-state index contributed by atoms with van der Waals surface area (Å²) in [7, 11) is 3.52. The van der Waals surface area contributed by atoms with E-state index in [1.165, 1.54) is 0 Å². The zero-order valence-electron chi connectivity index (χ0n) is 34.3. The molecule has 2 amide bonds. The lowest BCUT2D eigenvalue weighted by Gasteiger charge is -2.39. The van der Waals surface area contributed by atoms with E-state index in [1.54, 1.807) is 14.2 Å². The second kappa shape index (κ2) is 16.4. The number of piperidine rings is 2. The summed E-state index contributed by atoms with van der Waals surface area (Å²) in [4.78, 5) is 55.7. The lowest BCUT2D eigenvalue weighted by molar-refractivity contribution is -0.140. The number of methoxy groups -OCH3 is 2. The van der Waals surface area contributed by atoms with Crippen molar-refractivity contribution >= 4 is 45.2 Å². The molecule has 8 atom stereocenters. The van der Waals surface area contributed by atoms with E-state index in [2.05, 4.69) is 52.4 Å². The second-order valence-electron chi connectivity index (χ2n) is 17.4. The van der Waals surface area contributed by atoms with Gasteiger partial charge in [-0.05, 0) is 75.3 Å². The van der Waals surface area contributed by atoms with Crippen LogP contribution in [0.15, 0.2) is 49.3 Å². The fourth-order valence-corrected chi connectivity index (χ4v) is 10.4. The highest BCUT2D eigenvalue weighted by molar-refractivity contribution is 5.80. The van der Waals surface area contributed by atoms with Gasteiger partial charge in [-0.25, -0.2) is 19.9 Å². The van der Waals surface area contributed by atoms with Crippen LogP contribution in [0.4, 0.5) is 0 Å². The summed E-state index contributed by atoms with van der Waals surface area (Å²) in [6, 6.07) is 4.09. The number of rotatable bonds is 6. The molecule has 0 aromatic carbocycles. The van der Waals surface area contributed by atoms with Gasteiger partial charge in [0.2, 0.25) is 11.8 Å². The van der Waals surface area contributed by atoms with Crippen molar-refractivity contribution in [3.63, 3.8) is 0 Å². The van der Waals surface area contributed by atoms with Crippen molar-refractivity contribution in [1.82, 2.24) is 48.5 Å². The molecular formula is C44H58N10O4. The van der Waals surface area contributed by atoms with Crippen molar-refractivity contribution < 1.29 is 19.1 Å². The molecule has 2 saturated carbocycles. The summed E-state index contributed by atoms with van der Waals surface area (Å²) < 4.78 is 15.5. The van der Waals surface area contributed by atoms with Crippen LogP contribution in [0.1, 0.15) is 102 Å². The molecule has 14 nitrogen and oxygen atoms in total. The second-order valence-corrected chi connectivity index (χ2v) is 17.4. The average Bonchev–Trinajstić information content (AvgIpc) is 4.10. The summed E-state index contributed by atoms with van der Waals surface area (Å²) >= 11 is 0. The topological polar surface area (TPSA) is 151 Å². The highest BCUT2D eigenvalue weighted by atomic mass is 16.5. The van der Waals surface area contributed by atoms with Crippen LogP contribution in [0.25, 0.3) is 33.4 Å². The van der Waals surface area contributed by atoms with Crippen molar-refractivity contribution in [3.8, 4) is 0 Å². The molecule has 0 spiro atoms. The van der Waals surface area contributed by atoms with Crippen LogP contribution in [-0.2, 0) is 19.1 Å². The van der Waals surface area contributed by atoms with E-state index in [-0.39, 0.29) is 35.9 Å². The molecule has 8 heterocycles. The molecule has 2 N–H and O–H groups in total. The molecule has 0 bridgehead atoms. The normalized spacial score (nSPS) is 28.3. The molecule has 0 radical (unpaired) electrons. The van der Waals surface area contributed by atoms with Crippen molar-refractivity contribution in [2.75, 3.05) is 40.4 Å². The smallest absolute Gasteiger partial charge is 0.225 e. The first kappa shape index (κ1) is 38.7. The SMILES string of the molecule is CO[C@@H]1CCC[C@H](C(=O)N2CC[C@@H](C)[C@@H](c3ncc4cnc5[nH]ccc5n34)C2)C1.CO[C@H]1CCC[C@@H](C(=O)N2CC[C@@H](C)[C@@H](c3ncc4cnc5[nH]ccc5n34)C2)C1. The fraction of sp³-hybridized carbons (Fsp3) is 0.591. The Morgan fingerprint density at radius 3 is 1.48 bits per heavy atom. The van der Waals surface area contributed by atoms with E-state index in [0.717, 1.165) is 135 Å². The van der Waals surface area contributed by atoms with Gasteiger partial charge < -0.3 is 29.2 Å². The summed E-state index contributed by atoms with van der Waals surface area (Å²) in [5, 5.41) is 0. The predicted octanol–water partition coefficient (Wildman–Crippen LogP) is 6.74. The van der Waals surface area contributed by atoms with E-state index >= 15 is 0 Å². The molecule has 2 saturated heterocycles. The maximum atomic E-state index is 13.3. The number of hydrogen-bond acceptors (Lipinski definition) is 8. The minimum absolute atomic E-state index is 0.0976. The highest BCUT2D eigenvalue weighted by Crippen LogP contribution is 2.37. The molecule has 14 heteroatoms. The molecule has 58 heavy (non-hydrogen) atoms. The Morgan fingerprint density at radius 2 is 1.05 bits per heavy atom. The third kappa shape index (κ3) is 7.27. The van der Waals surface area contributed by atoms with E-state index in [4.69, 9.17) is 19.4 Å². The number of hydrogen-bond donors (Lipinski definition) is 2. The van der Waals surface area contributed by atoms with Gasteiger partial charge in [0.1, 0.15) is 11.6 Å². The van der Waals surface area contributed by atoms with Crippen LogP contribution in [0.3, 0.4) is 0 Å². The summed E-state index contributed by atoms with van der Waals surface area (Å²) in [5.74, 6) is 4.27. The molecule has 308 valence electrons. The monoisotopic (exact) mass is 790 g/mol. The van der Waals surface area contributed by atoms with Gasteiger partial charge in [-0.1, -0.05) is 26.7 Å². The van der Waals surface area contributed by atoms with E-state index in [1.807, 2.05) is 49.3 Å². The van der Waals surface area contributed by atoms with Gasteiger partial charge in [0.15, 0.2) is 11.3 Å². The average molecular weight is 791 g/mol. The molecule has 4 fully saturated rings. The number of fused-ring (bicyclic) bond motifs is 6. The molecule has 4 aliphatic rings. The number of nitrogens with one attached hydrogen (secondary N) is 2. The van der Waals surface area contributed by atoms with Crippen LogP contribution >= 0.6 is 0 Å². The third-order valence-electron chi connectivity index (χ3n) is 14.0. The molecule has 2 aliphatic carbocycles. The number of aromatic nitrogens is 8. The maximum absolute atomic E-state index is 13.3. The number of amides is 2. The lowest BCUT2D eigenvalue weighted by atomic mass is 9.83. The summed E-state index contributed by atoms with van der Waals surface area (Å²) in [6.45, 7) is 7.72. The van der Waals surface area contributed by atoms with Gasteiger partial charge in [0, 0.05) is 76.5 Å². The first-order valence-electron chi connectivity index (χ1n) is 21.5. The van der Waals surface area contributed by atoms with Gasteiger partial charge >= 0.3 is 0 Å². The predicted molar refractivity (Wildman–Crippen MR) is 221 cm³/mol. The Kier molecular flexibility index (Phi) is 11.0. The minimum atomic E-state index is 0.0976. The Morgan fingerprint density at radius 1 is 0.621 bits per heavy atom. The Labute approximate surface area is 339 Å². The van der Waals surface area contributed by atoms with Crippen molar-refractivity contribution in [1.29, 1.82) is 0 Å². The number of H-pyrrole nitrogens is 2. The van der Waals surface area contributed by atoms with Crippen LogP contribution in [-0.4, -0.2) is 113 Å². The van der Waals surface area contributed by atoms with Crippen molar-refractivity contribution in [2.45, 2.75) is 102 Å². The zero-order chi connectivity index (χ0) is 39.9. The van der Waals surface area contributed by atoms with Crippen molar-refractivity contribution in [3.05, 3.63) is 61.0 Å². The number of ether oxygens (including phenoxy) is 2. The highest BCUT2D eigenvalue weighted by Gasteiger charge is 2.38. The largest absolute Gasteiger partial charge is 0.381 e. The molecular weight excluding hydrogens is 733 g/mol. The molecule has 6 aromatic rings. The standard InChI is InChI=1S/2C22H29N5O2/c2*1-14-7-9-26(22(28)15-4-3-5-17(10-15)29-2)13-18(14)21-25-12-16-11-24-20-19(27(16)21)6-8-23-20/h2*6,8,11-12,14-15,17-18,23H,3-5,7,9-10,13H2,1-2H3/t14-,15+,17-,18+;14-,15-,17+,18+/m11/s1.